The molecular formula is C17H21NO5. The van der Waals surface area contributed by atoms with Crippen LogP contribution in [0.4, 0.5) is 4.79 Å². The lowest BCUT2D eigenvalue weighted by Gasteiger charge is -2.36. The molecule has 1 aromatic rings. The van der Waals surface area contributed by atoms with Crippen molar-refractivity contribution in [3.8, 4) is 0 Å². The van der Waals surface area contributed by atoms with Crippen LogP contribution in [0.2, 0.25) is 0 Å². The number of alkyl carbamates (subject to hydrolysis) is 1. The van der Waals surface area contributed by atoms with Crippen molar-refractivity contribution >= 4 is 17.8 Å². The Bertz CT molecular complexity index is 576. The highest BCUT2D eigenvalue weighted by molar-refractivity contribution is 5.85. The molecule has 0 aromatic heterocycles. The van der Waals surface area contributed by atoms with Crippen LogP contribution in [0, 0.1) is 5.92 Å². The fraction of sp³-hybridized carbons (Fsp3) is 0.471. The van der Waals surface area contributed by atoms with Crippen LogP contribution >= 0.6 is 0 Å². The first-order chi connectivity index (χ1) is 10.9. The molecule has 2 N–H and O–H groups in total. The van der Waals surface area contributed by atoms with E-state index in [2.05, 4.69) is 5.32 Å². The number of Topliss-reactive ketones (excluding diaryl/α,β-unsaturated/α-hetero) is 1. The fourth-order valence-electron chi connectivity index (χ4n) is 2.82. The van der Waals surface area contributed by atoms with E-state index < -0.39 is 17.6 Å². The van der Waals surface area contributed by atoms with Gasteiger partial charge in [-0.15, -0.1) is 0 Å². The number of carbonyl (C=O) groups is 3. The van der Waals surface area contributed by atoms with Gasteiger partial charge in [0, 0.05) is 12.8 Å². The summed E-state index contributed by atoms with van der Waals surface area (Å²) in [6.07, 6.45) is 0.861. The third kappa shape index (κ3) is 4.31. The number of hydrogen-bond donors (Lipinski definition) is 2. The van der Waals surface area contributed by atoms with E-state index in [4.69, 9.17) is 4.74 Å². The molecule has 2 rings (SSSR count). The number of carboxylic acid groups (broad SMARTS) is 1. The summed E-state index contributed by atoms with van der Waals surface area (Å²) < 4.78 is 5.11. The molecule has 1 amide bonds. The quantitative estimate of drug-likeness (QED) is 0.870. The van der Waals surface area contributed by atoms with Crippen LogP contribution in [-0.4, -0.2) is 28.5 Å². The monoisotopic (exact) mass is 319 g/mol. The predicted octanol–water partition coefficient (Wildman–Crippen LogP) is 2.52. The lowest BCUT2D eigenvalue weighted by molar-refractivity contribution is -0.147. The van der Waals surface area contributed by atoms with Gasteiger partial charge in [0.2, 0.25) is 0 Å². The maximum Gasteiger partial charge on any atom is 0.408 e. The fourth-order valence-corrected chi connectivity index (χ4v) is 2.82. The van der Waals surface area contributed by atoms with Crippen molar-refractivity contribution in [2.24, 2.45) is 5.92 Å². The molecule has 0 spiro atoms. The van der Waals surface area contributed by atoms with E-state index in [1.54, 1.807) is 0 Å². The van der Waals surface area contributed by atoms with E-state index in [0.717, 1.165) is 5.56 Å². The molecule has 0 heterocycles. The zero-order chi connectivity index (χ0) is 16.9. The first kappa shape index (κ1) is 17.0. The Balaban J connectivity index is 1.96. The highest BCUT2D eigenvalue weighted by Gasteiger charge is 2.44. The van der Waals surface area contributed by atoms with Crippen molar-refractivity contribution in [3.05, 3.63) is 35.9 Å². The van der Waals surface area contributed by atoms with Gasteiger partial charge in [-0.05, 0) is 31.2 Å². The molecule has 124 valence electrons. The van der Waals surface area contributed by atoms with Gasteiger partial charge in [-0.2, -0.15) is 0 Å². The lowest BCUT2D eigenvalue weighted by atomic mass is 9.75. The highest BCUT2D eigenvalue weighted by Crippen LogP contribution is 2.31. The lowest BCUT2D eigenvalue weighted by Crippen LogP contribution is -2.58. The summed E-state index contributed by atoms with van der Waals surface area (Å²) in [7, 11) is 0. The van der Waals surface area contributed by atoms with Gasteiger partial charge in [-0.1, -0.05) is 30.3 Å². The van der Waals surface area contributed by atoms with Crippen molar-refractivity contribution in [2.45, 2.75) is 44.8 Å². The van der Waals surface area contributed by atoms with E-state index in [9.17, 15) is 19.5 Å². The van der Waals surface area contributed by atoms with Gasteiger partial charge in [-0.25, -0.2) is 9.59 Å². The summed E-state index contributed by atoms with van der Waals surface area (Å²) in [6.45, 7) is 1.55. The van der Waals surface area contributed by atoms with Crippen LogP contribution in [0.5, 0.6) is 0 Å². The van der Waals surface area contributed by atoms with Crippen LogP contribution in [0.1, 0.15) is 38.2 Å². The Morgan fingerprint density at radius 2 is 1.87 bits per heavy atom. The molecule has 0 radical (unpaired) electrons. The second-order valence-electron chi connectivity index (χ2n) is 6.01. The topological polar surface area (TPSA) is 92.7 Å². The van der Waals surface area contributed by atoms with Crippen molar-refractivity contribution in [1.82, 2.24) is 5.32 Å². The molecule has 1 aliphatic rings. The Morgan fingerprint density at radius 1 is 1.26 bits per heavy atom. The molecule has 1 fully saturated rings. The number of carboxylic acids is 1. The highest BCUT2D eigenvalue weighted by atomic mass is 16.5. The molecule has 0 aliphatic heterocycles. The smallest absolute Gasteiger partial charge is 0.408 e. The number of nitrogens with one attached hydrogen (secondary N) is 1. The van der Waals surface area contributed by atoms with E-state index in [1.807, 2.05) is 30.3 Å². The number of hydrogen-bond acceptors (Lipinski definition) is 4. The molecule has 1 aromatic carbocycles. The Hall–Kier alpha value is -2.37. The normalized spacial score (nSPS) is 18.0. The Morgan fingerprint density at radius 3 is 2.43 bits per heavy atom. The maximum atomic E-state index is 12.0. The number of rotatable bonds is 5. The molecule has 0 bridgehead atoms. The second-order valence-corrected chi connectivity index (χ2v) is 6.01. The maximum absolute atomic E-state index is 12.0. The van der Waals surface area contributed by atoms with Gasteiger partial charge in [0.1, 0.15) is 17.9 Å². The van der Waals surface area contributed by atoms with Gasteiger partial charge in [0.25, 0.3) is 0 Å². The van der Waals surface area contributed by atoms with Gasteiger partial charge in [0.05, 0.1) is 0 Å². The largest absolute Gasteiger partial charge is 0.480 e. The molecular weight excluding hydrogens is 298 g/mol. The van der Waals surface area contributed by atoms with Crippen molar-refractivity contribution in [2.75, 3.05) is 0 Å². The SMILES string of the molecule is C[C@@](NC(=O)OCc1ccccc1)(C(=O)O)C1CCC(=O)CC1. The van der Waals surface area contributed by atoms with Crippen molar-refractivity contribution in [1.29, 1.82) is 0 Å². The predicted molar refractivity (Wildman–Crippen MR) is 82.8 cm³/mol. The Kier molecular flexibility index (Phi) is 5.36. The van der Waals surface area contributed by atoms with Crippen LogP contribution in [-0.2, 0) is 20.9 Å². The first-order valence-electron chi connectivity index (χ1n) is 7.66. The first-order valence-corrected chi connectivity index (χ1v) is 7.66. The van der Waals surface area contributed by atoms with Crippen LogP contribution < -0.4 is 5.32 Å². The minimum atomic E-state index is -1.44. The molecule has 6 nitrogen and oxygen atoms in total. The molecule has 0 unspecified atom stereocenters. The zero-order valence-electron chi connectivity index (χ0n) is 13.1. The number of carbonyl (C=O) groups excluding carboxylic acids is 2. The van der Waals surface area contributed by atoms with Gasteiger partial charge >= 0.3 is 12.1 Å². The minimum Gasteiger partial charge on any atom is -0.480 e. The molecule has 1 saturated carbocycles. The van der Waals surface area contributed by atoms with E-state index in [0.29, 0.717) is 25.7 Å². The number of ketones is 1. The van der Waals surface area contributed by atoms with Crippen LogP contribution in [0.25, 0.3) is 0 Å². The summed E-state index contributed by atoms with van der Waals surface area (Å²) >= 11 is 0. The summed E-state index contributed by atoms with van der Waals surface area (Å²) in [5.41, 5.74) is -0.614. The number of amides is 1. The van der Waals surface area contributed by atoms with Gasteiger partial charge in [-0.3, -0.25) is 4.79 Å². The molecule has 23 heavy (non-hydrogen) atoms. The average Bonchev–Trinajstić information content (AvgIpc) is 2.54. The van der Waals surface area contributed by atoms with E-state index in [-0.39, 0.29) is 18.3 Å². The van der Waals surface area contributed by atoms with Crippen molar-refractivity contribution in [3.63, 3.8) is 0 Å². The number of aliphatic carboxylic acids is 1. The summed E-state index contributed by atoms with van der Waals surface area (Å²) in [4.78, 5) is 35.0. The number of ether oxygens (including phenoxy) is 1. The van der Waals surface area contributed by atoms with Crippen molar-refractivity contribution < 1.29 is 24.2 Å². The van der Waals surface area contributed by atoms with Gasteiger partial charge in [0.15, 0.2) is 0 Å². The number of benzene rings is 1. The molecule has 1 aliphatic carbocycles. The third-order valence-electron chi connectivity index (χ3n) is 4.38. The zero-order valence-corrected chi connectivity index (χ0v) is 13.1. The summed E-state index contributed by atoms with van der Waals surface area (Å²) in [6, 6.07) is 9.15. The summed E-state index contributed by atoms with van der Waals surface area (Å²) in [5, 5.41) is 12.0. The average molecular weight is 319 g/mol. The minimum absolute atomic E-state index is 0.0749. The second kappa shape index (κ2) is 7.26. The van der Waals surface area contributed by atoms with Gasteiger partial charge < -0.3 is 15.2 Å². The standard InChI is InChI=1S/C17H21NO5/c1-17(15(20)21,13-7-9-14(19)10-8-13)18-16(22)23-11-12-5-3-2-4-6-12/h2-6,13H,7-11H2,1H3,(H,18,22)(H,20,21)/t17-/m0/s1. The van der Waals surface area contributed by atoms with Crippen LogP contribution in [0.3, 0.4) is 0 Å². The molecule has 1 atom stereocenters. The molecule has 6 heteroatoms. The van der Waals surface area contributed by atoms with E-state index in [1.165, 1.54) is 6.92 Å². The van der Waals surface area contributed by atoms with Crippen LogP contribution in [0.15, 0.2) is 30.3 Å². The third-order valence-corrected chi connectivity index (χ3v) is 4.38. The molecule has 0 saturated heterocycles. The van der Waals surface area contributed by atoms with E-state index >= 15 is 0 Å². The Labute approximate surface area is 134 Å². The summed E-state index contributed by atoms with van der Waals surface area (Å²) in [5.74, 6) is -1.27.